The highest BCUT2D eigenvalue weighted by molar-refractivity contribution is 5.53. The van der Waals surface area contributed by atoms with Crippen molar-refractivity contribution in [2.75, 3.05) is 51.3 Å². The van der Waals surface area contributed by atoms with E-state index in [2.05, 4.69) is 63.5 Å². The second kappa shape index (κ2) is 8.70. The minimum atomic E-state index is 0.313. The molecule has 6 heterocycles. The number of anilines is 1. The van der Waals surface area contributed by atoms with Gasteiger partial charge in [-0.3, -0.25) is 19.2 Å². The van der Waals surface area contributed by atoms with Crippen molar-refractivity contribution in [2.45, 2.75) is 44.3 Å². The number of rotatable bonds is 4. The number of hydrogen-bond donors (Lipinski definition) is 0. The van der Waals surface area contributed by atoms with Gasteiger partial charge in [-0.15, -0.1) is 0 Å². The van der Waals surface area contributed by atoms with Gasteiger partial charge < -0.3 is 9.64 Å². The molecule has 0 aliphatic carbocycles. The van der Waals surface area contributed by atoms with Gasteiger partial charge in [0.15, 0.2) is 0 Å². The highest BCUT2D eigenvalue weighted by Gasteiger charge is 2.33. The van der Waals surface area contributed by atoms with Gasteiger partial charge in [0, 0.05) is 38.6 Å². The lowest BCUT2D eigenvalue weighted by Gasteiger charge is -2.43. The van der Waals surface area contributed by atoms with Crippen LogP contribution in [0.5, 0.6) is 0 Å². The van der Waals surface area contributed by atoms with E-state index in [1.54, 1.807) is 0 Å². The van der Waals surface area contributed by atoms with E-state index in [1.165, 1.54) is 29.2 Å². The smallest absolute Gasteiger partial charge is 0.138 e. The molecule has 0 saturated carbocycles. The number of ether oxygens (including phenoxy) is 1. The first kappa shape index (κ1) is 21.1. The molecule has 3 aliphatic heterocycles. The van der Waals surface area contributed by atoms with E-state index in [0.29, 0.717) is 18.1 Å². The quantitative estimate of drug-likeness (QED) is 0.612. The molecule has 3 fully saturated rings. The molecule has 7 heteroatoms. The number of fused-ring (bicyclic) bond motifs is 1. The Hall–Kier alpha value is -2.48. The average Bonchev–Trinajstić information content (AvgIpc) is 3.23. The highest BCUT2D eigenvalue weighted by atomic mass is 16.5. The van der Waals surface area contributed by atoms with E-state index in [4.69, 9.17) is 14.7 Å². The number of aromatic nitrogens is 3. The van der Waals surface area contributed by atoms with Gasteiger partial charge in [-0.05, 0) is 57.0 Å². The normalized spacial score (nSPS) is 25.5. The Balaban J connectivity index is 1.25. The molecular weight excluding hydrogens is 412 g/mol. The molecule has 6 rings (SSSR count). The van der Waals surface area contributed by atoms with Crippen LogP contribution in [0, 0.1) is 6.92 Å². The number of pyridine rings is 2. The van der Waals surface area contributed by atoms with Gasteiger partial charge in [-0.1, -0.05) is 12.1 Å². The third kappa shape index (κ3) is 3.82. The van der Waals surface area contributed by atoms with Crippen LogP contribution in [0.15, 0.2) is 42.7 Å². The second-order valence-corrected chi connectivity index (χ2v) is 9.83. The van der Waals surface area contributed by atoms with Crippen LogP contribution in [0.4, 0.5) is 5.82 Å². The zero-order valence-corrected chi connectivity index (χ0v) is 19.7. The van der Waals surface area contributed by atoms with E-state index in [0.717, 1.165) is 57.9 Å². The highest BCUT2D eigenvalue weighted by Crippen LogP contribution is 2.40. The van der Waals surface area contributed by atoms with Crippen LogP contribution >= 0.6 is 0 Å². The zero-order chi connectivity index (χ0) is 22.4. The fourth-order valence-electron chi connectivity index (χ4n) is 5.85. The molecule has 3 aromatic heterocycles. The van der Waals surface area contributed by atoms with E-state index in [9.17, 15) is 0 Å². The van der Waals surface area contributed by atoms with Gasteiger partial charge in [-0.2, -0.15) is 0 Å². The summed E-state index contributed by atoms with van der Waals surface area (Å²) in [6.45, 7) is 8.27. The average molecular weight is 447 g/mol. The summed E-state index contributed by atoms with van der Waals surface area (Å²) in [5.41, 5.74) is 4.71. The molecule has 3 aliphatic rings. The standard InChI is InChI=1S/C26H34N6O/c1-19-6-5-11-27-26(19)23-8-3-7-22(29(23)2)21-16-32-24(28-21)9-4-10-25(32)31-14-12-30(13-15-31)20-17-33-18-20/h4-6,9-11,16,20,22-23H,3,7-8,12-15,17-18H2,1-2H3/t22-,23+/m1/s1. The summed E-state index contributed by atoms with van der Waals surface area (Å²) in [6, 6.07) is 12.0. The molecule has 0 spiro atoms. The number of imidazole rings is 1. The number of aryl methyl sites for hydroxylation is 1. The summed E-state index contributed by atoms with van der Waals surface area (Å²) in [5.74, 6) is 1.26. The monoisotopic (exact) mass is 446 g/mol. The van der Waals surface area contributed by atoms with Crippen LogP contribution in [0.2, 0.25) is 0 Å². The lowest BCUT2D eigenvalue weighted by molar-refractivity contribution is -0.0661. The molecule has 7 nitrogen and oxygen atoms in total. The largest absolute Gasteiger partial charge is 0.378 e. The summed E-state index contributed by atoms with van der Waals surface area (Å²) in [4.78, 5) is 17.4. The first-order valence-electron chi connectivity index (χ1n) is 12.4. The predicted octanol–water partition coefficient (Wildman–Crippen LogP) is 3.46. The van der Waals surface area contributed by atoms with E-state index in [1.807, 2.05) is 12.3 Å². The van der Waals surface area contributed by atoms with Crippen molar-refractivity contribution < 1.29 is 4.74 Å². The van der Waals surface area contributed by atoms with Crippen molar-refractivity contribution in [1.82, 2.24) is 24.2 Å². The Kier molecular flexibility index (Phi) is 5.56. The Morgan fingerprint density at radius 3 is 2.55 bits per heavy atom. The van der Waals surface area contributed by atoms with Crippen LogP contribution in [-0.4, -0.2) is 76.7 Å². The summed E-state index contributed by atoms with van der Waals surface area (Å²) in [6.07, 6.45) is 7.70. The SMILES string of the molecule is Cc1cccnc1[C@@H]1CCC[C@H](c2cn3c(N4CCN(C5COC5)CC4)cccc3n2)N1C. The lowest BCUT2D eigenvalue weighted by atomic mass is 9.91. The second-order valence-electron chi connectivity index (χ2n) is 9.83. The van der Waals surface area contributed by atoms with Gasteiger partial charge in [0.25, 0.3) is 0 Å². The van der Waals surface area contributed by atoms with Gasteiger partial charge in [0.2, 0.25) is 0 Å². The Morgan fingerprint density at radius 1 is 0.970 bits per heavy atom. The third-order valence-electron chi connectivity index (χ3n) is 7.91. The van der Waals surface area contributed by atoms with Crippen molar-refractivity contribution >= 4 is 11.5 Å². The minimum absolute atomic E-state index is 0.313. The number of piperidine rings is 1. The maximum absolute atomic E-state index is 5.39. The molecule has 3 aromatic rings. The van der Waals surface area contributed by atoms with E-state index < -0.39 is 0 Å². The van der Waals surface area contributed by atoms with Gasteiger partial charge in [0.1, 0.15) is 11.5 Å². The van der Waals surface area contributed by atoms with E-state index >= 15 is 0 Å². The molecule has 3 saturated heterocycles. The molecule has 2 atom stereocenters. The zero-order valence-electron chi connectivity index (χ0n) is 19.7. The number of piperazine rings is 1. The fraction of sp³-hybridized carbons (Fsp3) is 0.538. The Labute approximate surface area is 196 Å². The maximum atomic E-state index is 5.39. The summed E-state index contributed by atoms with van der Waals surface area (Å²) >= 11 is 0. The van der Waals surface area contributed by atoms with Crippen LogP contribution in [-0.2, 0) is 4.74 Å². The van der Waals surface area contributed by atoms with Crippen molar-refractivity contribution in [1.29, 1.82) is 0 Å². The number of hydrogen-bond acceptors (Lipinski definition) is 6. The summed E-state index contributed by atoms with van der Waals surface area (Å²) < 4.78 is 7.70. The first-order valence-corrected chi connectivity index (χ1v) is 12.4. The first-order chi connectivity index (χ1) is 16.2. The molecule has 174 valence electrons. The number of nitrogens with zero attached hydrogens (tertiary/aromatic N) is 6. The van der Waals surface area contributed by atoms with Crippen molar-refractivity contribution in [3.8, 4) is 0 Å². The molecule has 33 heavy (non-hydrogen) atoms. The summed E-state index contributed by atoms with van der Waals surface area (Å²) in [7, 11) is 2.25. The molecule has 0 bridgehead atoms. The molecule has 0 unspecified atom stereocenters. The number of likely N-dealkylation sites (tertiary alicyclic amines) is 1. The fourth-order valence-corrected chi connectivity index (χ4v) is 5.85. The van der Waals surface area contributed by atoms with Crippen LogP contribution in [0.3, 0.4) is 0 Å². The molecule has 0 aromatic carbocycles. The molecular formula is C26H34N6O. The van der Waals surface area contributed by atoms with Gasteiger partial charge in [-0.25, -0.2) is 4.98 Å². The summed E-state index contributed by atoms with van der Waals surface area (Å²) in [5, 5.41) is 0. The molecule has 0 amide bonds. The molecule has 0 radical (unpaired) electrons. The van der Waals surface area contributed by atoms with Crippen LogP contribution in [0.1, 0.15) is 48.3 Å². The minimum Gasteiger partial charge on any atom is -0.378 e. The topological polar surface area (TPSA) is 49.1 Å². The van der Waals surface area contributed by atoms with Crippen LogP contribution < -0.4 is 4.90 Å². The third-order valence-corrected chi connectivity index (χ3v) is 7.91. The van der Waals surface area contributed by atoms with Crippen LogP contribution in [0.25, 0.3) is 5.65 Å². The van der Waals surface area contributed by atoms with Gasteiger partial charge in [0.05, 0.1) is 42.7 Å². The van der Waals surface area contributed by atoms with E-state index in [-0.39, 0.29) is 0 Å². The van der Waals surface area contributed by atoms with Crippen molar-refractivity contribution in [3.05, 3.63) is 59.7 Å². The van der Waals surface area contributed by atoms with Crippen molar-refractivity contribution in [3.63, 3.8) is 0 Å². The Bertz CT molecular complexity index is 1120. The van der Waals surface area contributed by atoms with Gasteiger partial charge >= 0.3 is 0 Å². The molecule has 0 N–H and O–H groups in total. The predicted molar refractivity (Wildman–Crippen MR) is 130 cm³/mol. The Morgan fingerprint density at radius 2 is 1.79 bits per heavy atom. The van der Waals surface area contributed by atoms with Crippen molar-refractivity contribution in [2.24, 2.45) is 0 Å². The maximum Gasteiger partial charge on any atom is 0.138 e. The lowest BCUT2D eigenvalue weighted by Crippen LogP contribution is -2.56.